The normalized spacial score (nSPS) is 14.4. The second kappa shape index (κ2) is 10.6. The minimum atomic E-state index is 0.707. The molecule has 0 bridgehead atoms. The summed E-state index contributed by atoms with van der Waals surface area (Å²) in [6, 6.07) is 18.3. The van der Waals surface area contributed by atoms with Gasteiger partial charge in [-0.05, 0) is 61.9 Å². The highest BCUT2D eigenvalue weighted by atomic mass is 16.5. The fourth-order valence-electron chi connectivity index (χ4n) is 4.42. The molecule has 1 saturated heterocycles. The number of nitrogens with zero attached hydrogens (tertiary/aromatic N) is 5. The van der Waals surface area contributed by atoms with Crippen LogP contribution in [0.25, 0.3) is 17.0 Å². The predicted octanol–water partition coefficient (Wildman–Crippen LogP) is 4.39. The highest BCUT2D eigenvalue weighted by Crippen LogP contribution is 2.28. The van der Waals surface area contributed by atoms with Crippen molar-refractivity contribution < 1.29 is 9.47 Å². The van der Waals surface area contributed by atoms with Crippen LogP contribution in [0.2, 0.25) is 0 Å². The molecule has 3 heterocycles. The molecule has 4 aromatic rings. The van der Waals surface area contributed by atoms with E-state index in [0.29, 0.717) is 5.78 Å². The van der Waals surface area contributed by atoms with Gasteiger partial charge in [0, 0.05) is 50.3 Å². The molecular weight excluding hydrogens is 426 g/mol. The number of rotatable bonds is 9. The van der Waals surface area contributed by atoms with Crippen LogP contribution < -0.4 is 14.4 Å². The summed E-state index contributed by atoms with van der Waals surface area (Å²) in [6.45, 7) is 6.08. The molecule has 34 heavy (non-hydrogen) atoms. The number of hydrogen-bond donors (Lipinski definition) is 0. The molecule has 1 fully saturated rings. The summed E-state index contributed by atoms with van der Waals surface area (Å²) < 4.78 is 13.4. The zero-order valence-corrected chi connectivity index (χ0v) is 19.6. The molecule has 2 aromatic carbocycles. The number of hydrogen-bond acceptors (Lipinski definition) is 6. The fourth-order valence-corrected chi connectivity index (χ4v) is 4.42. The van der Waals surface area contributed by atoms with Crippen LogP contribution in [0.4, 0.5) is 5.69 Å². The lowest BCUT2D eigenvalue weighted by Gasteiger charge is -2.36. The molecule has 0 amide bonds. The molecule has 0 unspecified atom stereocenters. The molecule has 1 aliphatic rings. The van der Waals surface area contributed by atoms with Crippen LogP contribution in [-0.4, -0.2) is 65.7 Å². The number of imidazole rings is 1. The second-order valence-electron chi connectivity index (χ2n) is 8.53. The van der Waals surface area contributed by atoms with E-state index in [-0.39, 0.29) is 0 Å². The quantitative estimate of drug-likeness (QED) is 0.348. The summed E-state index contributed by atoms with van der Waals surface area (Å²) in [6.07, 6.45) is 7.89. The van der Waals surface area contributed by atoms with Gasteiger partial charge in [-0.3, -0.25) is 9.30 Å². The van der Waals surface area contributed by atoms with Gasteiger partial charge in [0.1, 0.15) is 11.5 Å². The van der Waals surface area contributed by atoms with Crippen LogP contribution in [0.3, 0.4) is 0 Å². The van der Waals surface area contributed by atoms with Crippen LogP contribution in [0.5, 0.6) is 11.5 Å². The van der Waals surface area contributed by atoms with Gasteiger partial charge < -0.3 is 14.4 Å². The van der Waals surface area contributed by atoms with Crippen LogP contribution in [0.15, 0.2) is 73.2 Å². The smallest absolute Gasteiger partial charge is 0.234 e. The molecule has 0 atom stereocenters. The van der Waals surface area contributed by atoms with E-state index < -0.39 is 0 Å². The first kappa shape index (κ1) is 22.2. The van der Waals surface area contributed by atoms with Gasteiger partial charge in [0.05, 0.1) is 25.1 Å². The van der Waals surface area contributed by atoms with Crippen molar-refractivity contribution in [3.8, 4) is 22.8 Å². The number of aromatic nitrogens is 3. The average Bonchev–Trinajstić information content (AvgIpc) is 3.34. The van der Waals surface area contributed by atoms with Crippen LogP contribution in [0.1, 0.15) is 12.8 Å². The summed E-state index contributed by atoms with van der Waals surface area (Å²) in [7, 11) is 1.74. The van der Waals surface area contributed by atoms with Crippen molar-refractivity contribution in [2.24, 2.45) is 0 Å². The zero-order valence-electron chi connectivity index (χ0n) is 19.6. The SMILES string of the molecule is COc1ccccc1N1CCN(CCCCOc2ccc(-c3cn4cccnc4n3)cc2)CC1. The van der Waals surface area contributed by atoms with E-state index >= 15 is 0 Å². The van der Waals surface area contributed by atoms with Gasteiger partial charge in [0.25, 0.3) is 0 Å². The summed E-state index contributed by atoms with van der Waals surface area (Å²) in [5.41, 5.74) is 3.17. The van der Waals surface area contributed by atoms with Crippen molar-refractivity contribution in [3.63, 3.8) is 0 Å². The molecule has 7 nitrogen and oxygen atoms in total. The van der Waals surface area contributed by atoms with Gasteiger partial charge in [-0.2, -0.15) is 0 Å². The van der Waals surface area contributed by atoms with Crippen LogP contribution in [0, 0.1) is 0 Å². The minimum absolute atomic E-state index is 0.707. The topological polar surface area (TPSA) is 55.1 Å². The van der Waals surface area contributed by atoms with Gasteiger partial charge in [-0.1, -0.05) is 12.1 Å². The number of methoxy groups -OCH3 is 1. The number of para-hydroxylation sites is 2. The zero-order chi connectivity index (χ0) is 23.2. The maximum absolute atomic E-state index is 5.97. The van der Waals surface area contributed by atoms with E-state index in [1.807, 2.05) is 47.1 Å². The predicted molar refractivity (Wildman–Crippen MR) is 135 cm³/mol. The van der Waals surface area contributed by atoms with E-state index in [1.54, 1.807) is 13.3 Å². The standard InChI is InChI=1S/C27H31N5O2/c1-33-26-8-3-2-7-25(26)31-18-16-30(17-19-31)14-4-5-20-34-23-11-9-22(10-12-23)24-21-32-15-6-13-28-27(32)29-24/h2-3,6-13,15,21H,4-5,14,16-20H2,1H3. The van der Waals surface area contributed by atoms with Gasteiger partial charge in [0.15, 0.2) is 0 Å². The molecule has 176 valence electrons. The van der Waals surface area contributed by atoms with Crippen molar-refractivity contribution in [1.82, 2.24) is 19.3 Å². The number of ether oxygens (including phenoxy) is 2. The maximum Gasteiger partial charge on any atom is 0.234 e. The van der Waals surface area contributed by atoms with E-state index in [0.717, 1.165) is 74.9 Å². The summed E-state index contributed by atoms with van der Waals surface area (Å²) in [5, 5.41) is 0. The summed E-state index contributed by atoms with van der Waals surface area (Å²) in [5.74, 6) is 2.56. The van der Waals surface area contributed by atoms with E-state index in [4.69, 9.17) is 9.47 Å². The molecule has 1 aliphatic heterocycles. The summed E-state index contributed by atoms with van der Waals surface area (Å²) >= 11 is 0. The first-order valence-electron chi connectivity index (χ1n) is 11.9. The van der Waals surface area contributed by atoms with Crippen molar-refractivity contribution in [2.75, 3.05) is 51.3 Å². The Hall–Kier alpha value is -3.58. The number of benzene rings is 2. The average molecular weight is 458 g/mol. The monoisotopic (exact) mass is 457 g/mol. The van der Waals surface area contributed by atoms with Crippen molar-refractivity contribution in [3.05, 3.63) is 73.2 Å². The Labute approximate surface area is 200 Å². The van der Waals surface area contributed by atoms with Gasteiger partial charge in [-0.25, -0.2) is 9.97 Å². The van der Waals surface area contributed by atoms with E-state index in [1.165, 1.54) is 5.69 Å². The Morgan fingerprint density at radius 1 is 0.912 bits per heavy atom. The van der Waals surface area contributed by atoms with Crippen molar-refractivity contribution in [1.29, 1.82) is 0 Å². The van der Waals surface area contributed by atoms with E-state index in [2.05, 4.69) is 44.0 Å². The molecule has 0 radical (unpaired) electrons. The third-order valence-electron chi connectivity index (χ3n) is 6.32. The minimum Gasteiger partial charge on any atom is -0.495 e. The molecule has 7 heteroatoms. The summed E-state index contributed by atoms with van der Waals surface area (Å²) in [4.78, 5) is 13.8. The highest BCUT2D eigenvalue weighted by molar-refractivity contribution is 5.62. The molecule has 0 aliphatic carbocycles. The molecule has 0 spiro atoms. The Morgan fingerprint density at radius 2 is 1.74 bits per heavy atom. The van der Waals surface area contributed by atoms with Gasteiger partial charge >= 0.3 is 0 Å². The fraction of sp³-hybridized carbons (Fsp3) is 0.333. The second-order valence-corrected chi connectivity index (χ2v) is 8.53. The Bertz CT molecular complexity index is 1170. The Morgan fingerprint density at radius 3 is 2.53 bits per heavy atom. The number of unbranched alkanes of at least 4 members (excludes halogenated alkanes) is 1. The molecule has 0 N–H and O–H groups in total. The lowest BCUT2D eigenvalue weighted by molar-refractivity contribution is 0.238. The number of fused-ring (bicyclic) bond motifs is 1. The Balaban J connectivity index is 1.02. The first-order valence-corrected chi connectivity index (χ1v) is 11.9. The lowest BCUT2D eigenvalue weighted by atomic mass is 10.1. The Kier molecular flexibility index (Phi) is 6.91. The third-order valence-corrected chi connectivity index (χ3v) is 6.32. The molecule has 0 saturated carbocycles. The number of anilines is 1. The molecule has 2 aromatic heterocycles. The van der Waals surface area contributed by atoms with Gasteiger partial charge in [-0.15, -0.1) is 0 Å². The van der Waals surface area contributed by atoms with Gasteiger partial charge in [0.2, 0.25) is 5.78 Å². The maximum atomic E-state index is 5.97. The first-order chi connectivity index (χ1) is 16.8. The third kappa shape index (κ3) is 5.15. The van der Waals surface area contributed by atoms with Crippen LogP contribution >= 0.6 is 0 Å². The molecule has 5 rings (SSSR count). The van der Waals surface area contributed by atoms with E-state index in [9.17, 15) is 0 Å². The highest BCUT2D eigenvalue weighted by Gasteiger charge is 2.19. The lowest BCUT2D eigenvalue weighted by Crippen LogP contribution is -2.46. The number of piperazine rings is 1. The van der Waals surface area contributed by atoms with Crippen molar-refractivity contribution in [2.45, 2.75) is 12.8 Å². The largest absolute Gasteiger partial charge is 0.495 e. The van der Waals surface area contributed by atoms with Crippen molar-refractivity contribution >= 4 is 11.5 Å². The molecular formula is C27H31N5O2. The van der Waals surface area contributed by atoms with Crippen LogP contribution in [-0.2, 0) is 0 Å².